The standard InChI is InChI=1S/C23H32N2O3/c1-5-27-20-10-8-18(9-11-20)23-24-21(17(4)28-23)15-25-12-6-7-19(14-25)22(26)13-16(2)3/h8-11,16,19H,5-7,12-15H2,1-4H3. The van der Waals surface area contributed by atoms with E-state index < -0.39 is 0 Å². The van der Waals surface area contributed by atoms with E-state index in [1.807, 2.05) is 38.1 Å². The Hall–Kier alpha value is -2.14. The highest BCUT2D eigenvalue weighted by atomic mass is 16.5. The van der Waals surface area contributed by atoms with Gasteiger partial charge in [-0.15, -0.1) is 0 Å². The molecule has 1 aromatic carbocycles. The average molecular weight is 385 g/mol. The van der Waals surface area contributed by atoms with Crippen LogP contribution < -0.4 is 4.74 Å². The quantitative estimate of drug-likeness (QED) is 0.649. The molecule has 1 unspecified atom stereocenters. The number of nitrogens with zero attached hydrogens (tertiary/aromatic N) is 2. The fourth-order valence-corrected chi connectivity index (χ4v) is 3.80. The lowest BCUT2D eigenvalue weighted by Crippen LogP contribution is -2.38. The minimum Gasteiger partial charge on any atom is -0.494 e. The summed E-state index contributed by atoms with van der Waals surface area (Å²) in [4.78, 5) is 19.5. The van der Waals surface area contributed by atoms with E-state index in [0.717, 1.165) is 55.2 Å². The molecule has 1 aliphatic heterocycles. The SMILES string of the molecule is CCOc1ccc(-c2nc(CN3CCCC(C(=O)CC(C)C)C3)c(C)o2)cc1. The number of Topliss-reactive ketones (excluding diaryl/α,β-unsaturated/α-hetero) is 1. The van der Waals surface area contributed by atoms with E-state index in [4.69, 9.17) is 14.1 Å². The van der Waals surface area contributed by atoms with Gasteiger partial charge in [0.1, 0.15) is 17.3 Å². The Balaban J connectivity index is 1.65. The van der Waals surface area contributed by atoms with Gasteiger partial charge in [-0.2, -0.15) is 0 Å². The monoisotopic (exact) mass is 384 g/mol. The fraction of sp³-hybridized carbons (Fsp3) is 0.565. The van der Waals surface area contributed by atoms with Gasteiger partial charge in [0.15, 0.2) is 0 Å². The second-order valence-electron chi connectivity index (χ2n) is 8.12. The van der Waals surface area contributed by atoms with Gasteiger partial charge in [-0.3, -0.25) is 9.69 Å². The van der Waals surface area contributed by atoms with Crippen molar-refractivity contribution in [2.45, 2.75) is 53.5 Å². The lowest BCUT2D eigenvalue weighted by molar-refractivity contribution is -0.125. The first-order valence-electron chi connectivity index (χ1n) is 10.4. The molecule has 1 fully saturated rings. The number of oxazole rings is 1. The third-order valence-corrected chi connectivity index (χ3v) is 5.25. The van der Waals surface area contributed by atoms with Gasteiger partial charge in [-0.05, 0) is 63.4 Å². The number of carbonyl (C=O) groups excluding carboxylic acids is 1. The van der Waals surface area contributed by atoms with Crippen molar-refractivity contribution in [3.63, 3.8) is 0 Å². The van der Waals surface area contributed by atoms with Crippen molar-refractivity contribution in [2.75, 3.05) is 19.7 Å². The normalized spacial score (nSPS) is 17.8. The number of aryl methyl sites for hydroxylation is 1. The topological polar surface area (TPSA) is 55.6 Å². The molecule has 0 aliphatic carbocycles. The van der Waals surface area contributed by atoms with Crippen LogP contribution in [0.25, 0.3) is 11.5 Å². The molecule has 5 nitrogen and oxygen atoms in total. The van der Waals surface area contributed by atoms with Crippen molar-refractivity contribution in [1.29, 1.82) is 0 Å². The molecule has 1 atom stereocenters. The number of piperidine rings is 1. The van der Waals surface area contributed by atoms with Crippen molar-refractivity contribution in [2.24, 2.45) is 11.8 Å². The first kappa shape index (κ1) is 20.6. The van der Waals surface area contributed by atoms with Crippen LogP contribution in [-0.4, -0.2) is 35.4 Å². The molecule has 0 amide bonds. The Morgan fingerprint density at radius 1 is 1.32 bits per heavy atom. The molecule has 1 aromatic heterocycles. The number of hydrogen-bond acceptors (Lipinski definition) is 5. The second kappa shape index (κ2) is 9.37. The van der Waals surface area contributed by atoms with Gasteiger partial charge in [0.2, 0.25) is 5.89 Å². The number of benzene rings is 1. The molecule has 2 aromatic rings. The summed E-state index contributed by atoms with van der Waals surface area (Å²) >= 11 is 0. The zero-order valence-corrected chi connectivity index (χ0v) is 17.5. The highest BCUT2D eigenvalue weighted by molar-refractivity contribution is 5.81. The first-order chi connectivity index (χ1) is 13.5. The molecule has 2 heterocycles. The molecule has 0 N–H and O–H groups in total. The maximum absolute atomic E-state index is 12.5. The average Bonchev–Trinajstić information content (AvgIpc) is 3.03. The summed E-state index contributed by atoms with van der Waals surface area (Å²) in [5.74, 6) is 3.33. The molecule has 3 rings (SSSR count). The Kier molecular flexibility index (Phi) is 6.89. The maximum atomic E-state index is 12.5. The second-order valence-corrected chi connectivity index (χ2v) is 8.12. The van der Waals surface area contributed by atoms with Crippen molar-refractivity contribution >= 4 is 5.78 Å². The lowest BCUT2D eigenvalue weighted by Gasteiger charge is -2.31. The smallest absolute Gasteiger partial charge is 0.226 e. The predicted molar refractivity (Wildman–Crippen MR) is 110 cm³/mol. The summed E-state index contributed by atoms with van der Waals surface area (Å²) < 4.78 is 11.4. The van der Waals surface area contributed by atoms with E-state index in [9.17, 15) is 4.79 Å². The van der Waals surface area contributed by atoms with Crippen LogP contribution in [0, 0.1) is 18.8 Å². The summed E-state index contributed by atoms with van der Waals surface area (Å²) in [6, 6.07) is 7.82. The molecule has 1 aliphatic rings. The fourth-order valence-electron chi connectivity index (χ4n) is 3.80. The van der Waals surface area contributed by atoms with E-state index in [2.05, 4.69) is 18.7 Å². The van der Waals surface area contributed by atoms with Crippen LogP contribution in [0.2, 0.25) is 0 Å². The Morgan fingerprint density at radius 2 is 2.07 bits per heavy atom. The van der Waals surface area contributed by atoms with Gasteiger partial charge < -0.3 is 9.15 Å². The van der Waals surface area contributed by atoms with E-state index in [-0.39, 0.29) is 5.92 Å². The molecular weight excluding hydrogens is 352 g/mol. The maximum Gasteiger partial charge on any atom is 0.226 e. The number of carbonyl (C=O) groups is 1. The van der Waals surface area contributed by atoms with Crippen LogP contribution >= 0.6 is 0 Å². The van der Waals surface area contributed by atoms with Gasteiger partial charge in [0.05, 0.1) is 12.3 Å². The highest BCUT2D eigenvalue weighted by Gasteiger charge is 2.27. The number of ether oxygens (including phenoxy) is 1. The van der Waals surface area contributed by atoms with Crippen LogP contribution in [0.15, 0.2) is 28.7 Å². The zero-order valence-electron chi connectivity index (χ0n) is 17.5. The number of aromatic nitrogens is 1. The number of rotatable bonds is 8. The number of ketones is 1. The molecule has 28 heavy (non-hydrogen) atoms. The summed E-state index contributed by atoms with van der Waals surface area (Å²) in [5.41, 5.74) is 1.90. The highest BCUT2D eigenvalue weighted by Crippen LogP contribution is 2.26. The van der Waals surface area contributed by atoms with Gasteiger partial charge in [-0.25, -0.2) is 4.98 Å². The van der Waals surface area contributed by atoms with Crippen molar-refractivity contribution in [3.8, 4) is 17.2 Å². The summed E-state index contributed by atoms with van der Waals surface area (Å²) in [6.45, 7) is 11.4. The van der Waals surface area contributed by atoms with E-state index >= 15 is 0 Å². The van der Waals surface area contributed by atoms with Gasteiger partial charge in [0.25, 0.3) is 0 Å². The molecule has 0 spiro atoms. The van der Waals surface area contributed by atoms with Crippen LogP contribution in [0.4, 0.5) is 0 Å². The third-order valence-electron chi connectivity index (χ3n) is 5.25. The Morgan fingerprint density at radius 3 is 2.75 bits per heavy atom. The molecular formula is C23H32N2O3. The van der Waals surface area contributed by atoms with E-state index in [0.29, 0.717) is 30.6 Å². The zero-order chi connectivity index (χ0) is 20.1. The van der Waals surface area contributed by atoms with Gasteiger partial charge in [0, 0.05) is 31.0 Å². The molecule has 0 saturated carbocycles. The lowest BCUT2D eigenvalue weighted by atomic mass is 9.89. The van der Waals surface area contributed by atoms with Crippen LogP contribution in [0.5, 0.6) is 5.75 Å². The van der Waals surface area contributed by atoms with Crippen molar-refractivity contribution in [1.82, 2.24) is 9.88 Å². The predicted octanol–water partition coefficient (Wildman–Crippen LogP) is 4.88. The largest absolute Gasteiger partial charge is 0.494 e. The third kappa shape index (κ3) is 5.22. The Bertz CT molecular complexity index is 780. The molecule has 5 heteroatoms. The summed E-state index contributed by atoms with van der Waals surface area (Å²) in [5, 5.41) is 0. The Labute approximate surface area is 168 Å². The van der Waals surface area contributed by atoms with Crippen LogP contribution in [0.1, 0.15) is 51.5 Å². The van der Waals surface area contributed by atoms with Gasteiger partial charge >= 0.3 is 0 Å². The minimum absolute atomic E-state index is 0.161. The molecule has 0 bridgehead atoms. The molecule has 152 valence electrons. The van der Waals surface area contributed by atoms with Crippen LogP contribution in [0.3, 0.4) is 0 Å². The van der Waals surface area contributed by atoms with Crippen molar-refractivity contribution < 1.29 is 13.9 Å². The summed E-state index contributed by atoms with van der Waals surface area (Å²) in [7, 11) is 0. The summed E-state index contributed by atoms with van der Waals surface area (Å²) in [6.07, 6.45) is 2.76. The van der Waals surface area contributed by atoms with Crippen molar-refractivity contribution in [3.05, 3.63) is 35.7 Å². The minimum atomic E-state index is 0.161. The van der Waals surface area contributed by atoms with Gasteiger partial charge in [-0.1, -0.05) is 13.8 Å². The number of hydrogen-bond donors (Lipinski definition) is 0. The molecule has 0 radical (unpaired) electrons. The number of likely N-dealkylation sites (tertiary alicyclic amines) is 1. The van der Waals surface area contributed by atoms with Crippen LogP contribution in [-0.2, 0) is 11.3 Å². The van der Waals surface area contributed by atoms with E-state index in [1.165, 1.54) is 0 Å². The molecule has 1 saturated heterocycles. The van der Waals surface area contributed by atoms with E-state index in [1.54, 1.807) is 0 Å². The first-order valence-corrected chi connectivity index (χ1v) is 10.4.